The number of nitrogens with zero attached hydrogens (tertiary/aromatic N) is 1. The summed E-state index contributed by atoms with van der Waals surface area (Å²) in [4.78, 5) is 4.46. The molecular weight excluding hydrogens is 246 g/mol. The molecular formula is C15H12ClNO. The number of rotatable bonds is 1. The van der Waals surface area contributed by atoms with Crippen LogP contribution in [0.3, 0.4) is 0 Å². The van der Waals surface area contributed by atoms with Gasteiger partial charge in [-0.2, -0.15) is 0 Å². The maximum Gasteiger partial charge on any atom is 0.166 e. The highest BCUT2D eigenvalue weighted by Crippen LogP contribution is 2.37. The number of fused-ring (bicyclic) bond motifs is 1. The van der Waals surface area contributed by atoms with Crippen LogP contribution in [0.1, 0.15) is 12.5 Å². The Hall–Kier alpha value is -1.80. The molecule has 0 radical (unpaired) electrons. The Labute approximate surface area is 111 Å². The Morgan fingerprint density at radius 2 is 1.78 bits per heavy atom. The third-order valence-corrected chi connectivity index (χ3v) is 3.31. The van der Waals surface area contributed by atoms with Gasteiger partial charge in [-0.25, -0.2) is 0 Å². The molecule has 1 unspecified atom stereocenters. The maximum atomic E-state index is 6.05. The van der Waals surface area contributed by atoms with Crippen LogP contribution < -0.4 is 4.74 Å². The van der Waals surface area contributed by atoms with E-state index < -0.39 is 5.60 Å². The zero-order valence-electron chi connectivity index (χ0n) is 9.93. The summed E-state index contributed by atoms with van der Waals surface area (Å²) in [5.41, 5.74) is 1.35. The van der Waals surface area contributed by atoms with Crippen molar-refractivity contribution in [3.05, 3.63) is 59.1 Å². The van der Waals surface area contributed by atoms with Crippen molar-refractivity contribution in [2.75, 3.05) is 0 Å². The molecule has 0 saturated heterocycles. The van der Waals surface area contributed by atoms with E-state index in [4.69, 9.17) is 16.3 Å². The number of aliphatic imine (C=N–C) groups is 1. The zero-order valence-corrected chi connectivity index (χ0v) is 10.7. The van der Waals surface area contributed by atoms with Crippen LogP contribution in [0, 0.1) is 0 Å². The molecule has 0 aromatic heterocycles. The van der Waals surface area contributed by atoms with E-state index in [2.05, 4.69) is 4.99 Å². The number of benzene rings is 2. The predicted octanol–water partition coefficient (Wildman–Crippen LogP) is 4.35. The first-order valence-electron chi connectivity index (χ1n) is 5.77. The molecule has 0 fully saturated rings. The Kier molecular flexibility index (Phi) is 2.60. The maximum absolute atomic E-state index is 6.05. The Morgan fingerprint density at radius 3 is 2.56 bits per heavy atom. The molecule has 1 aliphatic heterocycles. The van der Waals surface area contributed by atoms with Crippen LogP contribution in [0.15, 0.2) is 53.5 Å². The first kappa shape index (κ1) is 11.3. The van der Waals surface area contributed by atoms with Gasteiger partial charge in [0.1, 0.15) is 11.4 Å². The minimum absolute atomic E-state index is 0.543. The van der Waals surface area contributed by atoms with Crippen molar-refractivity contribution in [3.8, 4) is 5.75 Å². The van der Waals surface area contributed by atoms with Gasteiger partial charge in [-0.05, 0) is 31.2 Å². The third kappa shape index (κ3) is 1.89. The van der Waals surface area contributed by atoms with Crippen molar-refractivity contribution in [2.45, 2.75) is 12.5 Å². The summed E-state index contributed by atoms with van der Waals surface area (Å²) in [5.74, 6) is 0.803. The van der Waals surface area contributed by atoms with Gasteiger partial charge in [0.25, 0.3) is 0 Å². The van der Waals surface area contributed by atoms with E-state index in [9.17, 15) is 0 Å². The van der Waals surface area contributed by atoms with Crippen molar-refractivity contribution < 1.29 is 4.74 Å². The minimum atomic E-state index is -0.543. The molecule has 1 aliphatic rings. The fourth-order valence-electron chi connectivity index (χ4n) is 2.01. The molecule has 2 aromatic rings. The summed E-state index contributed by atoms with van der Waals surface area (Å²) >= 11 is 5.90. The second-order valence-corrected chi connectivity index (χ2v) is 4.88. The van der Waals surface area contributed by atoms with Gasteiger partial charge >= 0.3 is 0 Å². The van der Waals surface area contributed by atoms with Gasteiger partial charge in [0.2, 0.25) is 0 Å². The van der Waals surface area contributed by atoms with E-state index in [1.165, 1.54) is 0 Å². The van der Waals surface area contributed by atoms with E-state index in [-0.39, 0.29) is 0 Å². The molecule has 0 bridgehead atoms. The molecule has 0 saturated carbocycles. The van der Waals surface area contributed by atoms with Gasteiger partial charge in [-0.1, -0.05) is 35.9 Å². The lowest BCUT2D eigenvalue weighted by atomic mass is 9.96. The van der Waals surface area contributed by atoms with Gasteiger partial charge in [0.05, 0.1) is 6.21 Å². The highest BCUT2D eigenvalue weighted by molar-refractivity contribution is 6.30. The van der Waals surface area contributed by atoms with Crippen molar-refractivity contribution in [2.24, 2.45) is 4.99 Å². The van der Waals surface area contributed by atoms with Crippen molar-refractivity contribution in [1.82, 2.24) is 0 Å². The zero-order chi connectivity index (χ0) is 12.6. The van der Waals surface area contributed by atoms with Gasteiger partial charge in [0.15, 0.2) is 5.60 Å². The molecule has 0 N–H and O–H groups in total. The standard InChI is InChI=1S/C15H12ClNO/c1-15(11-6-8-12(16)9-7-11)10-17-13-4-2-3-5-14(13)18-15/h2-10H,1H3. The lowest BCUT2D eigenvalue weighted by Crippen LogP contribution is -2.32. The van der Waals surface area contributed by atoms with Crippen molar-refractivity contribution in [1.29, 1.82) is 0 Å². The van der Waals surface area contributed by atoms with Gasteiger partial charge in [0, 0.05) is 10.6 Å². The molecule has 1 heterocycles. The number of hydrogen-bond donors (Lipinski definition) is 0. The summed E-state index contributed by atoms with van der Waals surface area (Å²) in [7, 11) is 0. The lowest BCUT2D eigenvalue weighted by molar-refractivity contribution is 0.165. The largest absolute Gasteiger partial charge is 0.475 e. The monoisotopic (exact) mass is 257 g/mol. The third-order valence-electron chi connectivity index (χ3n) is 3.05. The summed E-state index contributed by atoms with van der Waals surface area (Å²) in [5, 5.41) is 0.718. The Bertz CT molecular complexity index is 606. The first-order valence-corrected chi connectivity index (χ1v) is 6.14. The summed E-state index contributed by atoms with van der Waals surface area (Å²) in [6, 6.07) is 15.4. The molecule has 3 rings (SSSR count). The number of para-hydroxylation sites is 2. The SMILES string of the molecule is CC1(c2ccc(Cl)cc2)C=Nc2ccccc2O1. The van der Waals surface area contributed by atoms with Crippen LogP contribution in [0.5, 0.6) is 5.75 Å². The predicted molar refractivity (Wildman–Crippen MR) is 74.0 cm³/mol. The van der Waals surface area contributed by atoms with Crippen LogP contribution in [0.2, 0.25) is 5.02 Å². The molecule has 0 amide bonds. The number of halogens is 1. The molecule has 1 atom stereocenters. The van der Waals surface area contributed by atoms with Crippen molar-refractivity contribution >= 4 is 23.5 Å². The highest BCUT2D eigenvalue weighted by Gasteiger charge is 2.30. The summed E-state index contributed by atoms with van der Waals surface area (Å²) in [6.07, 6.45) is 1.83. The Balaban J connectivity index is 2.02. The van der Waals surface area contributed by atoms with Gasteiger partial charge < -0.3 is 4.74 Å². The molecule has 2 nitrogen and oxygen atoms in total. The average Bonchev–Trinajstić information content (AvgIpc) is 2.39. The minimum Gasteiger partial charge on any atom is -0.475 e. The lowest BCUT2D eigenvalue weighted by Gasteiger charge is -2.31. The molecule has 3 heteroatoms. The second-order valence-electron chi connectivity index (χ2n) is 4.44. The highest BCUT2D eigenvalue weighted by atomic mass is 35.5. The fraction of sp³-hybridized carbons (Fsp3) is 0.133. The Morgan fingerprint density at radius 1 is 1.06 bits per heavy atom. The first-order chi connectivity index (χ1) is 8.67. The smallest absolute Gasteiger partial charge is 0.166 e. The van der Waals surface area contributed by atoms with E-state index >= 15 is 0 Å². The van der Waals surface area contributed by atoms with Gasteiger partial charge in [-0.3, -0.25) is 4.99 Å². The quantitative estimate of drug-likeness (QED) is 0.744. The fourth-order valence-corrected chi connectivity index (χ4v) is 2.14. The number of hydrogen-bond acceptors (Lipinski definition) is 2. The molecule has 2 aromatic carbocycles. The normalized spacial score (nSPS) is 21.2. The van der Waals surface area contributed by atoms with Crippen LogP contribution in [-0.2, 0) is 5.60 Å². The van der Waals surface area contributed by atoms with E-state index in [1.54, 1.807) is 0 Å². The van der Waals surface area contributed by atoms with Crippen LogP contribution in [0.4, 0.5) is 5.69 Å². The van der Waals surface area contributed by atoms with Gasteiger partial charge in [-0.15, -0.1) is 0 Å². The van der Waals surface area contributed by atoms with Crippen LogP contribution in [-0.4, -0.2) is 6.21 Å². The molecule has 0 spiro atoms. The van der Waals surface area contributed by atoms with E-state index in [0.29, 0.717) is 0 Å². The molecule has 0 aliphatic carbocycles. The van der Waals surface area contributed by atoms with E-state index in [0.717, 1.165) is 22.0 Å². The van der Waals surface area contributed by atoms with Crippen molar-refractivity contribution in [3.63, 3.8) is 0 Å². The molecule has 90 valence electrons. The summed E-state index contributed by atoms with van der Waals surface area (Å²) in [6.45, 7) is 2.00. The summed E-state index contributed by atoms with van der Waals surface area (Å²) < 4.78 is 6.05. The topological polar surface area (TPSA) is 21.6 Å². The van der Waals surface area contributed by atoms with Crippen LogP contribution in [0.25, 0.3) is 0 Å². The number of ether oxygens (including phenoxy) is 1. The van der Waals surface area contributed by atoms with Crippen LogP contribution >= 0.6 is 11.6 Å². The second kappa shape index (κ2) is 4.14. The van der Waals surface area contributed by atoms with E-state index in [1.807, 2.05) is 61.7 Å². The molecule has 18 heavy (non-hydrogen) atoms. The average molecular weight is 258 g/mol.